The Morgan fingerprint density at radius 3 is 1.86 bits per heavy atom. The summed E-state index contributed by atoms with van der Waals surface area (Å²) in [5.74, 6) is -1.07. The van der Waals surface area contributed by atoms with Crippen LogP contribution in [0.2, 0.25) is 0 Å². The van der Waals surface area contributed by atoms with E-state index in [1.54, 1.807) is 0 Å². The Morgan fingerprint density at radius 2 is 1.48 bits per heavy atom. The van der Waals surface area contributed by atoms with Crippen molar-refractivity contribution < 1.29 is 52.7 Å². The van der Waals surface area contributed by atoms with Crippen LogP contribution >= 0.6 is 0 Å². The summed E-state index contributed by atoms with van der Waals surface area (Å²) >= 11 is 0. The molecule has 0 amide bonds. The molecule has 0 radical (unpaired) electrons. The normalized spacial score (nSPS) is 26.1. The van der Waals surface area contributed by atoms with Gasteiger partial charge in [-0.3, -0.25) is 4.79 Å². The quantitative estimate of drug-likeness (QED) is 0.321. The first-order valence-electron chi connectivity index (χ1n) is 8.47. The van der Waals surface area contributed by atoms with E-state index in [1.165, 1.54) is 0 Å². The maximum Gasteiger partial charge on any atom is 0.498 e. The smallest absolute Gasteiger partial charge is 0.462 e. The molecule has 14 heteroatoms. The molecule has 4 unspecified atom stereocenters. The average Bonchev–Trinajstić information content (AvgIpc) is 3.15. The minimum absolute atomic E-state index is 0.0661. The Morgan fingerprint density at radius 1 is 0.966 bits per heavy atom. The van der Waals surface area contributed by atoms with E-state index in [0.717, 1.165) is 13.3 Å². The highest BCUT2D eigenvalue weighted by atomic mass is 32.3. The lowest BCUT2D eigenvalue weighted by atomic mass is 9.94. The second-order valence-electron chi connectivity index (χ2n) is 7.12. The Hall–Kier alpha value is -1.31. The van der Waals surface area contributed by atoms with Gasteiger partial charge in [-0.2, -0.15) is 26.3 Å². The predicted molar refractivity (Wildman–Crippen MR) is 87.4 cm³/mol. The summed E-state index contributed by atoms with van der Waals surface area (Å²) < 4.78 is 123. The van der Waals surface area contributed by atoms with Gasteiger partial charge < -0.3 is 4.74 Å². The van der Waals surface area contributed by atoms with Gasteiger partial charge in [0, 0.05) is 0 Å². The number of sulfone groups is 2. The summed E-state index contributed by atoms with van der Waals surface area (Å²) in [5.41, 5.74) is -12.4. The van der Waals surface area contributed by atoms with E-state index in [0.29, 0.717) is 6.42 Å². The molecule has 2 rings (SSSR count). The average molecular weight is 472 g/mol. The standard InChI is InChI=1S/C15H18F6O6S2/c1-8(27-13(22)11-7-9-3-4-10(11)6-9)2-5-12(28(23,24)14(16,17)18)29(25,26)15(19,20)21/h3-4,8-12H,2,5-7H2,1H3. The molecule has 0 aliphatic heterocycles. The number of halogens is 6. The topological polar surface area (TPSA) is 94.6 Å². The van der Waals surface area contributed by atoms with Gasteiger partial charge in [-0.15, -0.1) is 0 Å². The summed E-state index contributed by atoms with van der Waals surface area (Å²) in [7, 11) is -13.4. The molecule has 2 aliphatic carbocycles. The first-order valence-corrected chi connectivity index (χ1v) is 11.6. The zero-order valence-corrected chi connectivity index (χ0v) is 16.5. The Kier molecular flexibility index (Phi) is 6.40. The van der Waals surface area contributed by atoms with Crippen molar-refractivity contribution in [1.29, 1.82) is 0 Å². The van der Waals surface area contributed by atoms with E-state index in [2.05, 4.69) is 0 Å². The van der Waals surface area contributed by atoms with E-state index >= 15 is 0 Å². The van der Waals surface area contributed by atoms with Crippen LogP contribution in [0.3, 0.4) is 0 Å². The number of carbonyl (C=O) groups excluding carboxylic acids is 1. The summed E-state index contributed by atoms with van der Waals surface area (Å²) in [6.45, 7) is 1.14. The Bertz CT molecular complexity index is 830. The van der Waals surface area contributed by atoms with E-state index < -0.39 is 66.1 Å². The van der Waals surface area contributed by atoms with E-state index in [-0.39, 0.29) is 11.8 Å². The van der Waals surface area contributed by atoms with Gasteiger partial charge in [0.15, 0.2) is 4.58 Å². The number of rotatable bonds is 7. The highest BCUT2D eigenvalue weighted by Crippen LogP contribution is 2.44. The fourth-order valence-corrected chi connectivity index (χ4v) is 7.02. The van der Waals surface area contributed by atoms with Crippen molar-refractivity contribution in [2.24, 2.45) is 17.8 Å². The van der Waals surface area contributed by atoms with Crippen molar-refractivity contribution in [1.82, 2.24) is 0 Å². The molecule has 2 aliphatic rings. The first-order chi connectivity index (χ1) is 13.0. The van der Waals surface area contributed by atoms with Crippen LogP contribution in [-0.4, -0.2) is 44.5 Å². The highest BCUT2D eigenvalue weighted by molar-refractivity contribution is 8.09. The minimum Gasteiger partial charge on any atom is -0.462 e. The molecule has 0 aromatic heterocycles. The molecule has 1 saturated carbocycles. The number of hydrogen-bond donors (Lipinski definition) is 0. The van der Waals surface area contributed by atoms with Gasteiger partial charge in [-0.1, -0.05) is 12.2 Å². The maximum atomic E-state index is 12.7. The third-order valence-corrected chi connectivity index (χ3v) is 9.71. The molecule has 0 aromatic rings. The monoisotopic (exact) mass is 472 g/mol. The molecule has 0 aromatic carbocycles. The third-order valence-electron chi connectivity index (χ3n) is 5.05. The van der Waals surface area contributed by atoms with Crippen LogP contribution in [0.1, 0.15) is 32.6 Å². The van der Waals surface area contributed by atoms with Gasteiger partial charge in [-0.05, 0) is 44.4 Å². The van der Waals surface area contributed by atoms with Gasteiger partial charge in [0.05, 0.1) is 12.0 Å². The van der Waals surface area contributed by atoms with Crippen LogP contribution in [0.25, 0.3) is 0 Å². The van der Waals surface area contributed by atoms with E-state index in [9.17, 15) is 48.0 Å². The lowest BCUT2D eigenvalue weighted by Gasteiger charge is -2.23. The second-order valence-corrected chi connectivity index (χ2v) is 11.7. The minimum atomic E-state index is -6.68. The number of ether oxygens (including phenoxy) is 1. The molecule has 168 valence electrons. The molecular formula is C15H18F6O6S2. The van der Waals surface area contributed by atoms with Crippen molar-refractivity contribution in [3.63, 3.8) is 0 Å². The van der Waals surface area contributed by atoms with Crippen molar-refractivity contribution in [3.05, 3.63) is 12.2 Å². The number of allylic oxidation sites excluding steroid dienone is 2. The first kappa shape index (κ1) is 24.0. The number of alkyl halides is 6. The number of esters is 1. The molecule has 0 N–H and O–H groups in total. The summed E-state index contributed by atoms with van der Waals surface area (Å²) in [6.07, 6.45) is 1.37. The van der Waals surface area contributed by atoms with Crippen LogP contribution in [0.15, 0.2) is 12.2 Å². The van der Waals surface area contributed by atoms with Crippen LogP contribution in [0, 0.1) is 17.8 Å². The number of carbonyl (C=O) groups is 1. The summed E-state index contributed by atoms with van der Waals surface area (Å²) in [5, 5.41) is 0. The van der Waals surface area contributed by atoms with Crippen molar-refractivity contribution in [2.75, 3.05) is 0 Å². The van der Waals surface area contributed by atoms with Gasteiger partial charge in [-0.25, -0.2) is 16.8 Å². The van der Waals surface area contributed by atoms with Gasteiger partial charge in [0.25, 0.3) is 19.7 Å². The van der Waals surface area contributed by atoms with E-state index in [4.69, 9.17) is 4.74 Å². The zero-order valence-electron chi connectivity index (χ0n) is 14.9. The van der Waals surface area contributed by atoms with Crippen molar-refractivity contribution in [3.8, 4) is 0 Å². The zero-order chi connectivity index (χ0) is 22.4. The maximum absolute atomic E-state index is 12.7. The highest BCUT2D eigenvalue weighted by Gasteiger charge is 2.62. The predicted octanol–water partition coefficient (Wildman–Crippen LogP) is 3.11. The molecule has 0 heterocycles. The van der Waals surface area contributed by atoms with Crippen LogP contribution in [0.5, 0.6) is 0 Å². The lowest BCUT2D eigenvalue weighted by molar-refractivity contribution is -0.154. The number of fused-ring (bicyclic) bond motifs is 2. The van der Waals surface area contributed by atoms with Crippen LogP contribution in [-0.2, 0) is 29.2 Å². The Balaban J connectivity index is 2.11. The molecule has 1 fully saturated rings. The molecule has 0 spiro atoms. The van der Waals surface area contributed by atoms with Crippen molar-refractivity contribution >= 4 is 25.6 Å². The Labute approximate surface area is 163 Å². The molecule has 2 bridgehead atoms. The molecule has 29 heavy (non-hydrogen) atoms. The van der Waals surface area contributed by atoms with Gasteiger partial charge in [0.1, 0.15) is 0 Å². The fraction of sp³-hybridized carbons (Fsp3) is 0.800. The SMILES string of the molecule is CC(CCC(S(=O)(=O)C(F)(F)F)S(=O)(=O)C(F)(F)F)OC(=O)C1CC2C=CC1C2. The molecule has 4 atom stereocenters. The fourth-order valence-electron chi connectivity index (χ4n) is 3.54. The summed E-state index contributed by atoms with van der Waals surface area (Å²) in [6, 6.07) is 0. The van der Waals surface area contributed by atoms with Crippen LogP contribution in [0.4, 0.5) is 26.3 Å². The summed E-state index contributed by atoms with van der Waals surface area (Å²) in [4.78, 5) is 12.1. The van der Waals surface area contributed by atoms with Gasteiger partial charge >= 0.3 is 17.0 Å². The second kappa shape index (κ2) is 7.75. The molecule has 6 nitrogen and oxygen atoms in total. The van der Waals surface area contributed by atoms with Crippen LogP contribution < -0.4 is 0 Å². The van der Waals surface area contributed by atoms with E-state index in [1.807, 2.05) is 12.2 Å². The largest absolute Gasteiger partial charge is 0.498 e. The van der Waals surface area contributed by atoms with Crippen molar-refractivity contribution in [2.45, 2.75) is 54.3 Å². The third kappa shape index (κ3) is 4.72. The molecule has 0 saturated heterocycles. The lowest BCUT2D eigenvalue weighted by Crippen LogP contribution is -2.45. The number of hydrogen-bond acceptors (Lipinski definition) is 6. The van der Waals surface area contributed by atoms with Gasteiger partial charge in [0.2, 0.25) is 0 Å². The molecular weight excluding hydrogens is 454 g/mol.